The first kappa shape index (κ1) is 14.9. The maximum absolute atomic E-state index is 12.3. The summed E-state index contributed by atoms with van der Waals surface area (Å²) in [5, 5.41) is 0. The molecule has 1 atom stereocenters. The van der Waals surface area contributed by atoms with Crippen LogP contribution in [0.3, 0.4) is 0 Å². The van der Waals surface area contributed by atoms with E-state index in [1.165, 1.54) is 5.56 Å². The summed E-state index contributed by atoms with van der Waals surface area (Å²) in [6.45, 7) is 2.11. The highest BCUT2D eigenvalue weighted by atomic mass is 16.5. The number of ether oxygens (including phenoxy) is 1. The molecule has 1 aliphatic rings. The van der Waals surface area contributed by atoms with Crippen LogP contribution >= 0.6 is 0 Å². The highest BCUT2D eigenvalue weighted by Crippen LogP contribution is 2.18. The first-order valence-corrected chi connectivity index (χ1v) is 7.15. The number of likely N-dealkylation sites (N-methyl/N-ethyl adjacent to an activating group) is 1. The molecule has 1 aromatic rings. The van der Waals surface area contributed by atoms with Crippen molar-refractivity contribution >= 4 is 5.91 Å². The Morgan fingerprint density at radius 3 is 2.75 bits per heavy atom. The number of amides is 1. The molecule has 2 N–H and O–H groups in total. The van der Waals surface area contributed by atoms with Gasteiger partial charge in [-0.1, -0.05) is 0 Å². The maximum Gasteiger partial charge on any atom is 0.239 e. The zero-order valence-corrected chi connectivity index (χ0v) is 12.0. The van der Waals surface area contributed by atoms with Crippen LogP contribution in [0.15, 0.2) is 24.5 Å². The fourth-order valence-electron chi connectivity index (χ4n) is 2.49. The van der Waals surface area contributed by atoms with Gasteiger partial charge < -0.3 is 15.4 Å². The Morgan fingerprint density at radius 2 is 2.10 bits per heavy atom. The quantitative estimate of drug-likeness (QED) is 0.866. The third-order valence-electron chi connectivity index (χ3n) is 3.92. The maximum atomic E-state index is 12.3. The van der Waals surface area contributed by atoms with Gasteiger partial charge in [-0.3, -0.25) is 9.78 Å². The molecule has 2 heterocycles. The first-order chi connectivity index (χ1) is 9.68. The van der Waals surface area contributed by atoms with Crippen molar-refractivity contribution in [3.05, 3.63) is 30.1 Å². The lowest BCUT2D eigenvalue weighted by Gasteiger charge is -2.29. The fourth-order valence-corrected chi connectivity index (χ4v) is 2.49. The lowest BCUT2D eigenvalue weighted by molar-refractivity contribution is -0.133. The van der Waals surface area contributed by atoms with Crippen molar-refractivity contribution in [1.82, 2.24) is 9.88 Å². The summed E-state index contributed by atoms with van der Waals surface area (Å²) in [5.41, 5.74) is 7.28. The normalized spacial score (nSPS) is 17.7. The number of rotatable bonds is 5. The molecule has 0 aromatic carbocycles. The second-order valence-corrected chi connectivity index (χ2v) is 5.34. The minimum atomic E-state index is -0.402. The third-order valence-corrected chi connectivity index (χ3v) is 3.92. The summed E-state index contributed by atoms with van der Waals surface area (Å²) in [6.07, 6.45) is 6.12. The number of carbonyl (C=O) groups is 1. The Kier molecular flexibility index (Phi) is 5.49. The largest absolute Gasteiger partial charge is 0.381 e. The summed E-state index contributed by atoms with van der Waals surface area (Å²) in [6, 6.07) is 3.54. The van der Waals surface area contributed by atoms with Crippen LogP contribution in [0.5, 0.6) is 0 Å². The van der Waals surface area contributed by atoms with E-state index in [1.54, 1.807) is 17.3 Å². The molecule has 1 saturated heterocycles. The van der Waals surface area contributed by atoms with Gasteiger partial charge in [-0.05, 0) is 42.9 Å². The third kappa shape index (κ3) is 4.02. The van der Waals surface area contributed by atoms with Gasteiger partial charge in [0, 0.05) is 39.2 Å². The lowest BCUT2D eigenvalue weighted by atomic mass is 9.91. The fraction of sp³-hybridized carbons (Fsp3) is 0.600. The molecule has 0 saturated carbocycles. The van der Waals surface area contributed by atoms with E-state index in [9.17, 15) is 4.79 Å². The van der Waals surface area contributed by atoms with E-state index in [-0.39, 0.29) is 11.8 Å². The molecule has 1 aromatic heterocycles. The summed E-state index contributed by atoms with van der Waals surface area (Å²) in [7, 11) is 1.82. The molecule has 1 aliphatic heterocycles. The van der Waals surface area contributed by atoms with Gasteiger partial charge in [-0.2, -0.15) is 0 Å². The lowest BCUT2D eigenvalue weighted by Crippen LogP contribution is -2.48. The number of nitrogens with two attached hydrogens (primary N) is 1. The Morgan fingerprint density at radius 1 is 1.45 bits per heavy atom. The molecule has 20 heavy (non-hydrogen) atoms. The Hall–Kier alpha value is -1.46. The molecular formula is C15H23N3O2. The van der Waals surface area contributed by atoms with E-state index < -0.39 is 6.04 Å². The molecule has 5 heteroatoms. The summed E-state index contributed by atoms with van der Waals surface area (Å²) >= 11 is 0. The molecule has 1 fully saturated rings. The molecule has 0 aliphatic carbocycles. The molecule has 0 bridgehead atoms. The van der Waals surface area contributed by atoms with E-state index in [1.807, 2.05) is 19.2 Å². The van der Waals surface area contributed by atoms with Crippen LogP contribution in [0.1, 0.15) is 18.4 Å². The van der Waals surface area contributed by atoms with E-state index in [0.29, 0.717) is 19.8 Å². The minimum absolute atomic E-state index is 0.0333. The van der Waals surface area contributed by atoms with Gasteiger partial charge in [-0.15, -0.1) is 0 Å². The van der Waals surface area contributed by atoms with Crippen molar-refractivity contribution in [3.8, 4) is 0 Å². The number of carbonyl (C=O) groups excluding carboxylic acids is 1. The predicted molar refractivity (Wildman–Crippen MR) is 77.1 cm³/mol. The smallest absolute Gasteiger partial charge is 0.239 e. The van der Waals surface area contributed by atoms with Crippen molar-refractivity contribution in [2.24, 2.45) is 11.7 Å². The van der Waals surface area contributed by atoms with Gasteiger partial charge in [0.05, 0.1) is 6.04 Å². The average molecular weight is 277 g/mol. The molecule has 2 rings (SSSR count). The van der Waals surface area contributed by atoms with Gasteiger partial charge in [0.2, 0.25) is 5.91 Å². The van der Waals surface area contributed by atoms with E-state index in [2.05, 4.69) is 4.98 Å². The highest BCUT2D eigenvalue weighted by molar-refractivity contribution is 5.81. The summed E-state index contributed by atoms with van der Waals surface area (Å²) in [5.74, 6) is 0.283. The van der Waals surface area contributed by atoms with Crippen LogP contribution in [0, 0.1) is 5.92 Å². The Balaban J connectivity index is 1.81. The molecule has 0 radical (unpaired) electrons. The molecule has 0 spiro atoms. The zero-order chi connectivity index (χ0) is 14.4. The van der Waals surface area contributed by atoms with Gasteiger partial charge in [0.15, 0.2) is 0 Å². The number of hydrogen-bond acceptors (Lipinski definition) is 4. The minimum Gasteiger partial charge on any atom is -0.381 e. The van der Waals surface area contributed by atoms with Crippen molar-refractivity contribution in [3.63, 3.8) is 0 Å². The van der Waals surface area contributed by atoms with Crippen LogP contribution in [-0.4, -0.2) is 48.6 Å². The highest BCUT2D eigenvalue weighted by Gasteiger charge is 2.28. The van der Waals surface area contributed by atoms with E-state index in [0.717, 1.165) is 19.3 Å². The van der Waals surface area contributed by atoms with Crippen LogP contribution < -0.4 is 5.73 Å². The van der Waals surface area contributed by atoms with Crippen molar-refractivity contribution < 1.29 is 9.53 Å². The number of nitrogens with zero attached hydrogens (tertiary/aromatic N) is 2. The number of aromatic nitrogens is 1. The Bertz CT molecular complexity index is 418. The molecule has 1 amide bonds. The van der Waals surface area contributed by atoms with Crippen molar-refractivity contribution in [1.29, 1.82) is 0 Å². The second kappa shape index (κ2) is 7.36. The average Bonchev–Trinajstić information content (AvgIpc) is 2.53. The molecule has 1 unspecified atom stereocenters. The number of pyridine rings is 1. The van der Waals surface area contributed by atoms with Crippen LogP contribution in [-0.2, 0) is 16.0 Å². The van der Waals surface area contributed by atoms with E-state index in [4.69, 9.17) is 10.5 Å². The van der Waals surface area contributed by atoms with Gasteiger partial charge in [-0.25, -0.2) is 0 Å². The molecule has 5 nitrogen and oxygen atoms in total. The summed E-state index contributed by atoms with van der Waals surface area (Å²) < 4.78 is 5.31. The van der Waals surface area contributed by atoms with Crippen LogP contribution in [0.2, 0.25) is 0 Å². The molecular weight excluding hydrogens is 254 g/mol. The van der Waals surface area contributed by atoms with Crippen LogP contribution in [0.25, 0.3) is 0 Å². The topological polar surface area (TPSA) is 68.5 Å². The van der Waals surface area contributed by atoms with Gasteiger partial charge in [0.1, 0.15) is 0 Å². The summed E-state index contributed by atoms with van der Waals surface area (Å²) in [4.78, 5) is 18.0. The van der Waals surface area contributed by atoms with Crippen molar-refractivity contribution in [2.75, 3.05) is 26.8 Å². The van der Waals surface area contributed by atoms with Gasteiger partial charge >= 0.3 is 0 Å². The van der Waals surface area contributed by atoms with E-state index >= 15 is 0 Å². The van der Waals surface area contributed by atoms with Crippen molar-refractivity contribution in [2.45, 2.75) is 25.3 Å². The standard InChI is InChI=1S/C15H23N3O2/c1-18(9-4-12-2-7-17-8-3-12)15(19)14(16)13-5-10-20-11-6-13/h2-3,7-8,13-14H,4-6,9-11,16H2,1H3. The Labute approximate surface area is 120 Å². The SMILES string of the molecule is CN(CCc1ccncc1)C(=O)C(N)C1CCOCC1. The van der Waals surface area contributed by atoms with Crippen LogP contribution in [0.4, 0.5) is 0 Å². The number of hydrogen-bond donors (Lipinski definition) is 1. The zero-order valence-electron chi connectivity index (χ0n) is 12.0. The monoisotopic (exact) mass is 277 g/mol. The second-order valence-electron chi connectivity index (χ2n) is 5.34. The molecule has 110 valence electrons. The van der Waals surface area contributed by atoms with Gasteiger partial charge in [0.25, 0.3) is 0 Å². The predicted octanol–water partition coefficient (Wildman–Crippen LogP) is 0.836. The first-order valence-electron chi connectivity index (χ1n) is 7.15.